The van der Waals surface area contributed by atoms with Crippen LogP contribution in [0.3, 0.4) is 0 Å². The van der Waals surface area contributed by atoms with Crippen molar-refractivity contribution < 1.29 is 9.59 Å². The first kappa shape index (κ1) is 15.4. The Balaban J connectivity index is 1.35. The van der Waals surface area contributed by atoms with Crippen LogP contribution < -0.4 is 5.32 Å². The van der Waals surface area contributed by atoms with E-state index in [-0.39, 0.29) is 23.3 Å². The van der Waals surface area contributed by atoms with Crippen LogP contribution in [-0.2, 0) is 9.59 Å². The van der Waals surface area contributed by atoms with Crippen molar-refractivity contribution in [1.29, 1.82) is 0 Å². The van der Waals surface area contributed by atoms with Gasteiger partial charge in [-0.2, -0.15) is 5.10 Å². The van der Waals surface area contributed by atoms with Gasteiger partial charge in [-0.1, -0.05) is 0 Å². The van der Waals surface area contributed by atoms with Crippen molar-refractivity contribution in [1.82, 2.24) is 15.1 Å². The van der Waals surface area contributed by atoms with E-state index in [1.165, 1.54) is 19.3 Å². The van der Waals surface area contributed by atoms with Crippen molar-refractivity contribution in [2.45, 2.75) is 57.4 Å². The van der Waals surface area contributed by atoms with Crippen LogP contribution in [0.5, 0.6) is 0 Å². The maximum atomic E-state index is 13.5. The van der Waals surface area contributed by atoms with E-state index in [4.69, 9.17) is 0 Å². The summed E-state index contributed by atoms with van der Waals surface area (Å²) >= 11 is 0. The summed E-state index contributed by atoms with van der Waals surface area (Å²) < 4.78 is 0. The SMILES string of the molecule is O=C(Nc1cn[nH]c1)C1CCCN1C(=O)C12CC3CC(CC(C3)C1)C2. The predicted octanol–water partition coefficient (Wildman–Crippen LogP) is 2.56. The molecule has 1 aromatic rings. The van der Waals surface area contributed by atoms with Gasteiger partial charge in [-0.05, 0) is 69.1 Å². The van der Waals surface area contributed by atoms with Gasteiger partial charge < -0.3 is 10.2 Å². The van der Waals surface area contributed by atoms with Gasteiger partial charge in [-0.15, -0.1) is 0 Å². The smallest absolute Gasteiger partial charge is 0.247 e. The zero-order valence-electron chi connectivity index (χ0n) is 14.5. The number of hydrogen-bond acceptors (Lipinski definition) is 3. The van der Waals surface area contributed by atoms with E-state index >= 15 is 0 Å². The lowest BCUT2D eigenvalue weighted by atomic mass is 9.49. The number of nitrogens with zero attached hydrogens (tertiary/aromatic N) is 2. The van der Waals surface area contributed by atoms with Gasteiger partial charge in [-0.25, -0.2) is 0 Å². The molecule has 2 heterocycles. The molecule has 4 bridgehead atoms. The van der Waals surface area contributed by atoms with Crippen LogP contribution in [0.1, 0.15) is 51.4 Å². The van der Waals surface area contributed by atoms with Gasteiger partial charge in [0.05, 0.1) is 17.3 Å². The molecule has 4 saturated carbocycles. The zero-order chi connectivity index (χ0) is 17.0. The molecule has 25 heavy (non-hydrogen) atoms. The first-order chi connectivity index (χ1) is 12.1. The molecule has 6 rings (SSSR count). The Labute approximate surface area is 147 Å². The maximum absolute atomic E-state index is 13.5. The molecule has 1 unspecified atom stereocenters. The number of amides is 2. The van der Waals surface area contributed by atoms with Gasteiger partial charge in [0.2, 0.25) is 11.8 Å². The summed E-state index contributed by atoms with van der Waals surface area (Å²) in [6, 6.07) is -0.324. The molecule has 5 fully saturated rings. The second-order valence-electron chi connectivity index (χ2n) is 8.83. The van der Waals surface area contributed by atoms with Crippen molar-refractivity contribution >= 4 is 17.5 Å². The summed E-state index contributed by atoms with van der Waals surface area (Å²) in [4.78, 5) is 28.2. The molecule has 1 atom stereocenters. The average Bonchev–Trinajstić information content (AvgIpc) is 3.24. The molecule has 0 radical (unpaired) electrons. The number of carbonyl (C=O) groups is 2. The molecule has 4 aliphatic carbocycles. The van der Waals surface area contributed by atoms with Crippen molar-refractivity contribution in [3.8, 4) is 0 Å². The van der Waals surface area contributed by atoms with Crippen molar-refractivity contribution in [2.75, 3.05) is 11.9 Å². The first-order valence-corrected chi connectivity index (χ1v) is 9.74. The fourth-order valence-corrected chi connectivity index (χ4v) is 6.50. The van der Waals surface area contributed by atoms with E-state index in [0.29, 0.717) is 5.69 Å². The molecule has 6 heteroatoms. The number of aromatic nitrogens is 2. The number of carbonyl (C=O) groups excluding carboxylic acids is 2. The minimum atomic E-state index is -0.324. The number of rotatable bonds is 3. The Morgan fingerprint density at radius 3 is 2.44 bits per heavy atom. The average molecular weight is 342 g/mol. The maximum Gasteiger partial charge on any atom is 0.247 e. The highest BCUT2D eigenvalue weighted by atomic mass is 16.2. The quantitative estimate of drug-likeness (QED) is 0.886. The number of aromatic amines is 1. The summed E-state index contributed by atoms with van der Waals surface area (Å²) in [5, 5.41) is 9.46. The Morgan fingerprint density at radius 2 is 1.84 bits per heavy atom. The van der Waals surface area contributed by atoms with Crippen LogP contribution in [0.2, 0.25) is 0 Å². The second-order valence-corrected chi connectivity index (χ2v) is 8.83. The standard InChI is InChI=1S/C19H26N4O2/c24-17(22-15-10-20-21-11-15)16-2-1-3-23(16)18(25)19-7-12-4-13(8-19)6-14(5-12)9-19/h10-14,16H,1-9H2,(H,20,21)(H,22,24). The van der Waals surface area contributed by atoms with Crippen molar-refractivity contribution in [2.24, 2.45) is 23.2 Å². The Bertz CT molecular complexity index is 648. The topological polar surface area (TPSA) is 78.1 Å². The highest BCUT2D eigenvalue weighted by Gasteiger charge is 2.56. The summed E-state index contributed by atoms with van der Waals surface area (Å²) in [6.07, 6.45) is 12.1. The first-order valence-electron chi connectivity index (χ1n) is 9.74. The van der Waals surface area contributed by atoms with E-state index in [9.17, 15) is 9.59 Å². The van der Waals surface area contributed by atoms with Crippen molar-refractivity contribution in [3.63, 3.8) is 0 Å². The molecule has 5 aliphatic rings. The van der Waals surface area contributed by atoms with E-state index in [1.807, 2.05) is 4.90 Å². The summed E-state index contributed by atoms with van der Waals surface area (Å²) in [5.41, 5.74) is 0.506. The van der Waals surface area contributed by atoms with Gasteiger partial charge in [0.1, 0.15) is 6.04 Å². The number of hydrogen-bond donors (Lipinski definition) is 2. The van der Waals surface area contributed by atoms with Crippen LogP contribution >= 0.6 is 0 Å². The largest absolute Gasteiger partial charge is 0.330 e. The highest BCUT2D eigenvalue weighted by molar-refractivity contribution is 5.98. The zero-order valence-corrected chi connectivity index (χ0v) is 14.5. The highest BCUT2D eigenvalue weighted by Crippen LogP contribution is 2.60. The third kappa shape index (κ3) is 2.49. The monoisotopic (exact) mass is 342 g/mol. The van der Waals surface area contributed by atoms with Crippen LogP contribution in [0.4, 0.5) is 5.69 Å². The molecule has 134 valence electrons. The van der Waals surface area contributed by atoms with E-state index in [1.54, 1.807) is 12.4 Å². The summed E-state index contributed by atoms with van der Waals surface area (Å²) in [6.45, 7) is 0.726. The van der Waals surface area contributed by atoms with Crippen LogP contribution in [-0.4, -0.2) is 39.5 Å². The Morgan fingerprint density at radius 1 is 1.16 bits per heavy atom. The number of nitrogens with one attached hydrogen (secondary N) is 2. The molecule has 1 aliphatic heterocycles. The normalized spacial score (nSPS) is 39.0. The Hall–Kier alpha value is -1.85. The predicted molar refractivity (Wildman–Crippen MR) is 92.6 cm³/mol. The van der Waals surface area contributed by atoms with Gasteiger partial charge in [0.15, 0.2) is 0 Å². The van der Waals surface area contributed by atoms with Crippen LogP contribution in [0, 0.1) is 23.2 Å². The molecule has 1 aromatic heterocycles. The van der Waals surface area contributed by atoms with Crippen molar-refractivity contribution in [3.05, 3.63) is 12.4 Å². The minimum Gasteiger partial charge on any atom is -0.330 e. The number of likely N-dealkylation sites (tertiary alicyclic amines) is 1. The third-order valence-corrected chi connectivity index (χ3v) is 7.07. The van der Waals surface area contributed by atoms with Gasteiger partial charge >= 0.3 is 0 Å². The lowest BCUT2D eigenvalue weighted by molar-refractivity contribution is -0.160. The second kappa shape index (κ2) is 5.58. The molecule has 2 N–H and O–H groups in total. The van der Waals surface area contributed by atoms with Crippen LogP contribution in [0.25, 0.3) is 0 Å². The van der Waals surface area contributed by atoms with Gasteiger partial charge in [-0.3, -0.25) is 14.7 Å². The molecule has 0 aromatic carbocycles. The van der Waals surface area contributed by atoms with Gasteiger partial charge in [0.25, 0.3) is 0 Å². The third-order valence-electron chi connectivity index (χ3n) is 7.07. The van der Waals surface area contributed by atoms with E-state index < -0.39 is 0 Å². The molecular weight excluding hydrogens is 316 g/mol. The van der Waals surface area contributed by atoms with E-state index in [2.05, 4.69) is 15.5 Å². The Kier molecular flexibility index (Phi) is 3.44. The van der Waals surface area contributed by atoms with E-state index in [0.717, 1.165) is 56.4 Å². The lowest BCUT2D eigenvalue weighted by Gasteiger charge is -2.56. The molecule has 6 nitrogen and oxygen atoms in total. The summed E-state index contributed by atoms with van der Waals surface area (Å²) in [5.74, 6) is 2.44. The van der Waals surface area contributed by atoms with Gasteiger partial charge in [0, 0.05) is 12.7 Å². The fraction of sp³-hybridized carbons (Fsp3) is 0.737. The number of H-pyrrole nitrogens is 1. The fourth-order valence-electron chi connectivity index (χ4n) is 6.50. The lowest BCUT2D eigenvalue weighted by Crippen LogP contribution is -2.56. The summed E-state index contributed by atoms with van der Waals surface area (Å²) in [7, 11) is 0. The molecule has 2 amide bonds. The molecule has 1 saturated heterocycles. The minimum absolute atomic E-state index is 0.0722. The molecule has 0 spiro atoms. The molecular formula is C19H26N4O2. The number of anilines is 1. The van der Waals surface area contributed by atoms with Crippen LogP contribution in [0.15, 0.2) is 12.4 Å².